The highest BCUT2D eigenvalue weighted by atomic mass is 16.6. The normalized spacial score (nSPS) is 13.6. The lowest BCUT2D eigenvalue weighted by Crippen LogP contribution is -2.28. The average Bonchev–Trinajstić information content (AvgIpc) is 3.14. The maximum absolute atomic E-state index is 12.5. The zero-order valence-corrected chi connectivity index (χ0v) is 14.6. The summed E-state index contributed by atoms with van der Waals surface area (Å²) in [5.41, 5.74) is 0.790. The van der Waals surface area contributed by atoms with E-state index in [4.69, 9.17) is 0 Å². The zero-order chi connectivity index (χ0) is 18.4. The minimum atomic E-state index is -0.443. The summed E-state index contributed by atoms with van der Waals surface area (Å²) in [5, 5.41) is 11.4. The van der Waals surface area contributed by atoms with Crippen LogP contribution in [0.1, 0.15) is 36.0 Å². The van der Waals surface area contributed by atoms with E-state index in [1.165, 1.54) is 18.1 Å². The lowest BCUT2D eigenvalue weighted by Gasteiger charge is -2.20. The van der Waals surface area contributed by atoms with Gasteiger partial charge in [0.2, 0.25) is 0 Å². The molecule has 1 aliphatic heterocycles. The summed E-state index contributed by atoms with van der Waals surface area (Å²) in [6.07, 6.45) is 2.73. The molecule has 2 rings (SSSR count). The summed E-state index contributed by atoms with van der Waals surface area (Å²) >= 11 is 0. The average molecular weight is 349 g/mol. The number of rotatable bonds is 7. The minimum Gasteiger partial charge on any atom is -0.469 e. The molecule has 136 valence electrons. The lowest BCUT2D eigenvalue weighted by atomic mass is 10.1. The Balaban J connectivity index is 2.10. The van der Waals surface area contributed by atoms with E-state index in [1.807, 2.05) is 4.90 Å². The highest BCUT2D eigenvalue weighted by Gasteiger charge is 2.24. The topological polar surface area (TPSA) is 93.0 Å². The maximum atomic E-state index is 12.5. The largest absolute Gasteiger partial charge is 0.469 e. The molecule has 0 atom stereocenters. The van der Waals surface area contributed by atoms with Crippen molar-refractivity contribution >= 4 is 23.3 Å². The van der Waals surface area contributed by atoms with Crippen molar-refractivity contribution in [2.75, 3.05) is 38.7 Å². The summed E-state index contributed by atoms with van der Waals surface area (Å²) < 4.78 is 4.56. The standard InChI is InChI=1S/C17H23N3O5/c1-18(9-5-6-16(21)25-2)17(22)13-7-8-14(15(12-13)20(23)24)19-10-3-4-11-19/h7-8,12H,3-6,9-11H2,1-2H3. The lowest BCUT2D eigenvalue weighted by molar-refractivity contribution is -0.384. The van der Waals surface area contributed by atoms with Gasteiger partial charge < -0.3 is 14.5 Å². The van der Waals surface area contributed by atoms with Crippen molar-refractivity contribution in [3.63, 3.8) is 0 Å². The molecule has 0 spiro atoms. The van der Waals surface area contributed by atoms with Crippen LogP contribution in [-0.4, -0.2) is 55.5 Å². The van der Waals surface area contributed by atoms with Crippen molar-refractivity contribution in [1.82, 2.24) is 4.90 Å². The van der Waals surface area contributed by atoms with Crippen LogP contribution < -0.4 is 4.90 Å². The quantitative estimate of drug-likeness (QED) is 0.426. The van der Waals surface area contributed by atoms with Crippen LogP contribution in [0.5, 0.6) is 0 Å². The highest BCUT2D eigenvalue weighted by molar-refractivity contribution is 5.95. The number of esters is 1. The molecule has 1 aromatic rings. The van der Waals surface area contributed by atoms with Gasteiger partial charge in [-0.05, 0) is 31.4 Å². The fraction of sp³-hybridized carbons (Fsp3) is 0.529. The second-order valence-corrected chi connectivity index (χ2v) is 6.06. The van der Waals surface area contributed by atoms with Gasteiger partial charge in [-0.15, -0.1) is 0 Å². The van der Waals surface area contributed by atoms with Gasteiger partial charge in [-0.25, -0.2) is 0 Å². The Morgan fingerprint density at radius 2 is 2.00 bits per heavy atom. The Hall–Kier alpha value is -2.64. The molecule has 1 heterocycles. The van der Waals surface area contributed by atoms with Crippen LogP contribution in [0.3, 0.4) is 0 Å². The molecule has 1 fully saturated rings. The number of benzene rings is 1. The molecule has 0 aromatic heterocycles. The van der Waals surface area contributed by atoms with Gasteiger partial charge >= 0.3 is 5.97 Å². The second-order valence-electron chi connectivity index (χ2n) is 6.06. The Morgan fingerprint density at radius 3 is 2.60 bits per heavy atom. The van der Waals surface area contributed by atoms with Gasteiger partial charge in [0.15, 0.2) is 0 Å². The van der Waals surface area contributed by atoms with E-state index in [0.717, 1.165) is 25.9 Å². The molecule has 1 amide bonds. The summed E-state index contributed by atoms with van der Waals surface area (Å²) in [4.78, 5) is 38.0. The molecule has 1 saturated heterocycles. The number of amides is 1. The minimum absolute atomic E-state index is 0.0456. The van der Waals surface area contributed by atoms with Crippen LogP contribution in [0.2, 0.25) is 0 Å². The first-order valence-electron chi connectivity index (χ1n) is 8.29. The van der Waals surface area contributed by atoms with E-state index >= 15 is 0 Å². The fourth-order valence-electron chi connectivity index (χ4n) is 2.91. The molecule has 0 saturated carbocycles. The molecular formula is C17H23N3O5. The Morgan fingerprint density at radius 1 is 1.32 bits per heavy atom. The van der Waals surface area contributed by atoms with Gasteiger partial charge in [-0.1, -0.05) is 0 Å². The molecule has 0 bridgehead atoms. The van der Waals surface area contributed by atoms with Crippen LogP contribution in [0.4, 0.5) is 11.4 Å². The first kappa shape index (κ1) is 18.7. The molecule has 8 nitrogen and oxygen atoms in total. The van der Waals surface area contributed by atoms with Crippen LogP contribution in [0.25, 0.3) is 0 Å². The van der Waals surface area contributed by atoms with Gasteiger partial charge in [0.25, 0.3) is 11.6 Å². The third-order valence-corrected chi connectivity index (χ3v) is 4.31. The predicted octanol–water partition coefficient (Wildman–Crippen LogP) is 2.22. The summed E-state index contributed by atoms with van der Waals surface area (Å²) in [5.74, 6) is -0.632. The molecule has 25 heavy (non-hydrogen) atoms. The zero-order valence-electron chi connectivity index (χ0n) is 14.6. The summed E-state index contributed by atoms with van der Waals surface area (Å²) in [6.45, 7) is 1.96. The number of hydrogen-bond acceptors (Lipinski definition) is 6. The van der Waals surface area contributed by atoms with Crippen LogP contribution >= 0.6 is 0 Å². The number of carbonyl (C=O) groups excluding carboxylic acids is 2. The predicted molar refractivity (Wildman–Crippen MR) is 92.8 cm³/mol. The van der Waals surface area contributed by atoms with Gasteiger partial charge in [0.05, 0.1) is 12.0 Å². The first-order chi connectivity index (χ1) is 11.9. The van der Waals surface area contributed by atoms with Crippen molar-refractivity contribution < 1.29 is 19.2 Å². The Kier molecular flexibility index (Phi) is 6.32. The second kappa shape index (κ2) is 8.46. The number of carbonyl (C=O) groups is 2. The third-order valence-electron chi connectivity index (χ3n) is 4.31. The van der Waals surface area contributed by atoms with Crippen molar-refractivity contribution in [2.45, 2.75) is 25.7 Å². The molecule has 1 aliphatic rings. The summed E-state index contributed by atoms with van der Waals surface area (Å²) in [7, 11) is 2.93. The van der Waals surface area contributed by atoms with Crippen molar-refractivity contribution in [3.8, 4) is 0 Å². The van der Waals surface area contributed by atoms with Gasteiger partial charge in [0, 0.05) is 44.7 Å². The number of ether oxygens (including phenoxy) is 1. The van der Waals surface area contributed by atoms with E-state index < -0.39 is 4.92 Å². The molecular weight excluding hydrogens is 326 g/mol. The molecule has 8 heteroatoms. The van der Waals surface area contributed by atoms with E-state index in [9.17, 15) is 19.7 Å². The van der Waals surface area contributed by atoms with Gasteiger partial charge in [0.1, 0.15) is 5.69 Å². The SMILES string of the molecule is COC(=O)CCCN(C)C(=O)c1ccc(N2CCCC2)c([N+](=O)[O-])c1. The number of methoxy groups -OCH3 is 1. The van der Waals surface area contributed by atoms with Crippen LogP contribution in [0.15, 0.2) is 18.2 Å². The highest BCUT2D eigenvalue weighted by Crippen LogP contribution is 2.31. The molecule has 0 N–H and O–H groups in total. The van der Waals surface area contributed by atoms with E-state index in [1.54, 1.807) is 19.2 Å². The van der Waals surface area contributed by atoms with E-state index in [-0.39, 0.29) is 29.5 Å². The number of nitrogens with zero attached hydrogens (tertiary/aromatic N) is 3. The maximum Gasteiger partial charge on any atom is 0.305 e. The van der Waals surface area contributed by atoms with Crippen molar-refractivity contribution in [3.05, 3.63) is 33.9 Å². The molecule has 0 unspecified atom stereocenters. The number of hydrogen-bond donors (Lipinski definition) is 0. The molecule has 1 aromatic carbocycles. The van der Waals surface area contributed by atoms with Crippen LogP contribution in [-0.2, 0) is 9.53 Å². The number of nitro groups is 1. The number of anilines is 1. The third kappa shape index (κ3) is 4.68. The van der Waals surface area contributed by atoms with E-state index in [0.29, 0.717) is 18.7 Å². The van der Waals surface area contributed by atoms with Gasteiger partial charge in [-0.2, -0.15) is 0 Å². The Labute approximate surface area is 146 Å². The van der Waals surface area contributed by atoms with Crippen molar-refractivity contribution in [2.24, 2.45) is 0 Å². The monoisotopic (exact) mass is 349 g/mol. The first-order valence-corrected chi connectivity index (χ1v) is 8.29. The Bertz CT molecular complexity index is 656. The van der Waals surface area contributed by atoms with E-state index in [2.05, 4.69) is 4.74 Å². The van der Waals surface area contributed by atoms with Crippen molar-refractivity contribution in [1.29, 1.82) is 0 Å². The fourth-order valence-corrected chi connectivity index (χ4v) is 2.91. The van der Waals surface area contributed by atoms with Crippen LogP contribution in [0, 0.1) is 10.1 Å². The molecule has 0 aliphatic carbocycles. The van der Waals surface area contributed by atoms with Gasteiger partial charge in [-0.3, -0.25) is 19.7 Å². The number of nitro benzene ring substituents is 1. The smallest absolute Gasteiger partial charge is 0.305 e. The summed E-state index contributed by atoms with van der Waals surface area (Å²) in [6, 6.07) is 4.62. The molecule has 0 radical (unpaired) electrons.